The summed E-state index contributed by atoms with van der Waals surface area (Å²) in [4.78, 5) is 16.5. The second-order valence-corrected chi connectivity index (χ2v) is 6.56. The molecule has 2 aromatic heterocycles. The zero-order chi connectivity index (χ0) is 21.1. The molecule has 4 aromatic rings. The van der Waals surface area contributed by atoms with Crippen molar-refractivity contribution in [2.24, 2.45) is 0 Å². The minimum atomic E-state index is -4.48. The maximum absolute atomic E-state index is 12.9. The fraction of sp³-hybridized carbons (Fsp3) is 0.0909. The summed E-state index contributed by atoms with van der Waals surface area (Å²) >= 11 is 0. The lowest BCUT2D eigenvalue weighted by Crippen LogP contribution is -2.18. The molecule has 152 valence electrons. The highest BCUT2D eigenvalue weighted by Crippen LogP contribution is 2.31. The molecule has 0 bridgehead atoms. The lowest BCUT2D eigenvalue weighted by Gasteiger charge is -2.11. The first kappa shape index (κ1) is 19.5. The van der Waals surface area contributed by atoms with Crippen LogP contribution in [0, 0.1) is 0 Å². The Morgan fingerprint density at radius 1 is 1.03 bits per heavy atom. The van der Waals surface area contributed by atoms with Crippen LogP contribution in [0.5, 0.6) is 5.75 Å². The van der Waals surface area contributed by atoms with Gasteiger partial charge in [0, 0.05) is 29.7 Å². The van der Waals surface area contributed by atoms with E-state index in [9.17, 15) is 18.0 Å². The summed E-state index contributed by atoms with van der Waals surface area (Å²) in [5.74, 6) is 0.635. The summed E-state index contributed by atoms with van der Waals surface area (Å²) in [6.07, 6.45) is 0.448. The average Bonchev–Trinajstić information content (AvgIpc) is 3.16. The quantitative estimate of drug-likeness (QED) is 0.468. The summed E-state index contributed by atoms with van der Waals surface area (Å²) in [6.45, 7) is 0.380. The maximum Gasteiger partial charge on any atom is 0.416 e. The fourth-order valence-electron chi connectivity index (χ4n) is 2.99. The molecule has 2 heterocycles. The van der Waals surface area contributed by atoms with Crippen LogP contribution in [-0.2, 0) is 12.8 Å². The Balaban J connectivity index is 1.50. The smallest absolute Gasteiger partial charge is 0.416 e. The van der Waals surface area contributed by atoms with E-state index in [1.54, 1.807) is 42.9 Å². The Hall–Kier alpha value is -3.81. The standard InChI is InChI=1S/C22H16F3N3O2/c23-22(24,25)17-2-1-3-18(13-17)27-21(29)28-11-8-16-12-19(4-5-20(16)28)30-14-15-6-9-26-10-7-15/h1-13H,14H2,(H,27,29). The van der Waals surface area contributed by atoms with Gasteiger partial charge in [-0.15, -0.1) is 0 Å². The first-order valence-electron chi connectivity index (χ1n) is 9.01. The molecule has 2 aromatic carbocycles. The van der Waals surface area contributed by atoms with Crippen LogP contribution in [0.4, 0.5) is 23.7 Å². The highest BCUT2D eigenvalue weighted by molar-refractivity contribution is 5.98. The second kappa shape index (κ2) is 7.90. The van der Waals surface area contributed by atoms with E-state index in [0.717, 1.165) is 23.1 Å². The topological polar surface area (TPSA) is 56.2 Å². The molecule has 0 saturated heterocycles. The molecule has 0 aliphatic carbocycles. The third-order valence-corrected chi connectivity index (χ3v) is 4.48. The summed E-state index contributed by atoms with van der Waals surface area (Å²) in [5.41, 5.74) is 0.821. The van der Waals surface area contributed by atoms with Crippen LogP contribution in [-0.4, -0.2) is 15.6 Å². The number of rotatable bonds is 4. The van der Waals surface area contributed by atoms with E-state index < -0.39 is 17.8 Å². The van der Waals surface area contributed by atoms with E-state index in [1.807, 2.05) is 12.1 Å². The van der Waals surface area contributed by atoms with Crippen molar-refractivity contribution in [3.05, 3.63) is 90.4 Å². The minimum Gasteiger partial charge on any atom is -0.489 e. The van der Waals surface area contributed by atoms with Gasteiger partial charge in [0.2, 0.25) is 0 Å². The fourth-order valence-corrected chi connectivity index (χ4v) is 2.99. The van der Waals surface area contributed by atoms with E-state index in [1.165, 1.54) is 16.7 Å². The van der Waals surface area contributed by atoms with Gasteiger partial charge in [-0.3, -0.25) is 9.55 Å². The number of fused-ring (bicyclic) bond motifs is 1. The lowest BCUT2D eigenvalue weighted by atomic mass is 10.2. The monoisotopic (exact) mass is 411 g/mol. The predicted octanol–water partition coefficient (Wildman–Crippen LogP) is 5.71. The van der Waals surface area contributed by atoms with Crippen molar-refractivity contribution >= 4 is 22.6 Å². The molecule has 30 heavy (non-hydrogen) atoms. The zero-order valence-electron chi connectivity index (χ0n) is 15.6. The lowest BCUT2D eigenvalue weighted by molar-refractivity contribution is -0.137. The molecule has 8 heteroatoms. The summed E-state index contributed by atoms with van der Waals surface area (Å²) in [7, 11) is 0. The van der Waals surface area contributed by atoms with Gasteiger partial charge in [-0.25, -0.2) is 4.79 Å². The number of alkyl halides is 3. The molecule has 1 N–H and O–H groups in total. The molecule has 0 radical (unpaired) electrons. The summed E-state index contributed by atoms with van der Waals surface area (Å²) in [6, 6.07) is 14.6. The molecule has 1 amide bonds. The molecule has 0 atom stereocenters. The Morgan fingerprint density at radius 2 is 1.83 bits per heavy atom. The normalized spacial score (nSPS) is 11.4. The number of anilines is 1. The molecule has 0 unspecified atom stereocenters. The van der Waals surface area contributed by atoms with Crippen molar-refractivity contribution < 1.29 is 22.7 Å². The van der Waals surface area contributed by atoms with Crippen molar-refractivity contribution in [2.45, 2.75) is 12.8 Å². The van der Waals surface area contributed by atoms with Crippen molar-refractivity contribution in [3.63, 3.8) is 0 Å². The molecular formula is C22H16F3N3O2. The number of nitrogens with zero attached hydrogens (tertiary/aromatic N) is 2. The third-order valence-electron chi connectivity index (χ3n) is 4.48. The average molecular weight is 411 g/mol. The summed E-state index contributed by atoms with van der Waals surface area (Å²) < 4.78 is 45.7. The number of ether oxygens (including phenoxy) is 1. The number of nitrogens with one attached hydrogen (secondary N) is 1. The van der Waals surface area contributed by atoms with Crippen LogP contribution in [0.25, 0.3) is 10.9 Å². The van der Waals surface area contributed by atoms with Crippen LogP contribution in [0.2, 0.25) is 0 Å². The van der Waals surface area contributed by atoms with E-state index >= 15 is 0 Å². The van der Waals surface area contributed by atoms with Crippen molar-refractivity contribution in [3.8, 4) is 5.75 Å². The van der Waals surface area contributed by atoms with Gasteiger partial charge in [0.15, 0.2) is 0 Å². The van der Waals surface area contributed by atoms with Crippen LogP contribution in [0.3, 0.4) is 0 Å². The van der Waals surface area contributed by atoms with Gasteiger partial charge in [-0.2, -0.15) is 13.2 Å². The van der Waals surface area contributed by atoms with Gasteiger partial charge in [0.05, 0.1) is 11.1 Å². The minimum absolute atomic E-state index is 0.0639. The van der Waals surface area contributed by atoms with Crippen LogP contribution < -0.4 is 10.1 Å². The predicted molar refractivity (Wildman–Crippen MR) is 106 cm³/mol. The molecule has 4 rings (SSSR count). The molecular weight excluding hydrogens is 395 g/mol. The number of aromatic nitrogens is 2. The van der Waals surface area contributed by atoms with Gasteiger partial charge in [0.1, 0.15) is 12.4 Å². The second-order valence-electron chi connectivity index (χ2n) is 6.56. The highest BCUT2D eigenvalue weighted by atomic mass is 19.4. The van der Waals surface area contributed by atoms with Crippen molar-refractivity contribution in [1.82, 2.24) is 9.55 Å². The van der Waals surface area contributed by atoms with Crippen molar-refractivity contribution in [2.75, 3.05) is 5.32 Å². The molecule has 0 fully saturated rings. The number of benzene rings is 2. The largest absolute Gasteiger partial charge is 0.489 e. The van der Waals surface area contributed by atoms with Gasteiger partial charge in [0.25, 0.3) is 0 Å². The maximum atomic E-state index is 12.9. The summed E-state index contributed by atoms with van der Waals surface area (Å²) in [5, 5.41) is 3.26. The van der Waals surface area contributed by atoms with Gasteiger partial charge < -0.3 is 10.1 Å². The number of hydrogen-bond donors (Lipinski definition) is 1. The van der Waals surface area contributed by atoms with E-state index in [0.29, 0.717) is 17.9 Å². The Labute approximate surface area is 169 Å². The van der Waals surface area contributed by atoms with Gasteiger partial charge in [-0.05, 0) is 60.2 Å². The van der Waals surface area contributed by atoms with Gasteiger partial charge >= 0.3 is 12.2 Å². The van der Waals surface area contributed by atoms with Gasteiger partial charge in [-0.1, -0.05) is 6.07 Å². The molecule has 5 nitrogen and oxygen atoms in total. The van der Waals surface area contributed by atoms with E-state index in [-0.39, 0.29) is 5.69 Å². The molecule has 0 aliphatic rings. The van der Waals surface area contributed by atoms with Crippen molar-refractivity contribution in [1.29, 1.82) is 0 Å². The molecule has 0 aliphatic heterocycles. The number of hydrogen-bond acceptors (Lipinski definition) is 3. The Kier molecular flexibility index (Phi) is 5.14. The Bertz CT molecular complexity index is 1190. The van der Waals surface area contributed by atoms with Crippen LogP contribution in [0.15, 0.2) is 79.3 Å². The number of amides is 1. The Morgan fingerprint density at radius 3 is 2.60 bits per heavy atom. The number of pyridine rings is 1. The molecule has 0 spiro atoms. The van der Waals surface area contributed by atoms with Crippen LogP contribution in [0.1, 0.15) is 11.1 Å². The number of halogens is 3. The third kappa shape index (κ3) is 4.27. The first-order chi connectivity index (χ1) is 14.4. The number of carbonyl (C=O) groups is 1. The number of carbonyl (C=O) groups excluding carboxylic acids is 1. The van der Waals surface area contributed by atoms with E-state index in [4.69, 9.17) is 4.74 Å². The van der Waals surface area contributed by atoms with E-state index in [2.05, 4.69) is 10.3 Å². The zero-order valence-corrected chi connectivity index (χ0v) is 15.6. The first-order valence-corrected chi connectivity index (χ1v) is 9.01. The molecule has 0 saturated carbocycles. The SMILES string of the molecule is O=C(Nc1cccc(C(F)(F)F)c1)n1ccc2cc(OCc3ccncc3)ccc21. The highest BCUT2D eigenvalue weighted by Gasteiger charge is 2.30. The van der Waals surface area contributed by atoms with Crippen LogP contribution >= 0.6 is 0 Å².